The number of hydrogen-bond donors (Lipinski definition) is 1. The van der Waals surface area contributed by atoms with Crippen molar-refractivity contribution in [3.8, 4) is 11.5 Å². The van der Waals surface area contributed by atoms with Crippen LogP contribution in [0.3, 0.4) is 0 Å². The van der Waals surface area contributed by atoms with Crippen LogP contribution in [0.25, 0.3) is 11.5 Å². The average Bonchev–Trinajstić information content (AvgIpc) is 3.33. The van der Waals surface area contributed by atoms with E-state index in [2.05, 4.69) is 25.8 Å². The summed E-state index contributed by atoms with van der Waals surface area (Å²) in [7, 11) is 0. The Bertz CT molecular complexity index is 1120. The Morgan fingerprint density at radius 1 is 1.10 bits per heavy atom. The van der Waals surface area contributed by atoms with E-state index in [0.29, 0.717) is 35.0 Å². The maximum absolute atomic E-state index is 12.8. The summed E-state index contributed by atoms with van der Waals surface area (Å²) in [5.41, 5.74) is 2.48. The summed E-state index contributed by atoms with van der Waals surface area (Å²) >= 11 is 0. The molecule has 9 nitrogen and oxygen atoms in total. The number of benzene rings is 1. The van der Waals surface area contributed by atoms with E-state index in [1.165, 1.54) is 0 Å². The van der Waals surface area contributed by atoms with Crippen molar-refractivity contribution >= 4 is 17.6 Å². The van der Waals surface area contributed by atoms with E-state index >= 15 is 0 Å². The fraction of sp³-hybridized carbons (Fsp3) is 0.333. The van der Waals surface area contributed by atoms with Crippen LogP contribution in [-0.2, 0) is 6.54 Å². The number of tetrazole rings is 1. The fourth-order valence-electron chi connectivity index (χ4n) is 3.41. The molecule has 0 saturated heterocycles. The maximum Gasteiger partial charge on any atom is 0.256 e. The van der Waals surface area contributed by atoms with E-state index in [-0.39, 0.29) is 23.9 Å². The number of carbonyl (C=O) groups excluding carboxylic acids is 2. The summed E-state index contributed by atoms with van der Waals surface area (Å²) in [5, 5.41) is 14.5. The molecule has 3 aromatic rings. The predicted octanol–water partition coefficient (Wildman–Crippen LogP) is 2.93. The number of anilines is 1. The third-order valence-electron chi connectivity index (χ3n) is 5.03. The summed E-state index contributed by atoms with van der Waals surface area (Å²) in [6.45, 7) is 8.47. The molecule has 0 spiro atoms. The van der Waals surface area contributed by atoms with E-state index in [1.807, 2.05) is 33.8 Å². The quantitative estimate of drug-likeness (QED) is 0.700. The number of amides is 2. The standard InChI is InChI=1S/C21H23N7O2/c1-12(2)27-11-15-9-8-14(10-16(15)21(27)30)20(29)23-18-7-5-6-17(22-18)19-24-25-26-28(19)13(3)4/h5-10,12-13H,11H2,1-4H3,(H,22,23,29). The van der Waals surface area contributed by atoms with Gasteiger partial charge in [0.05, 0.1) is 6.04 Å². The second kappa shape index (κ2) is 7.66. The van der Waals surface area contributed by atoms with Crippen molar-refractivity contribution in [2.24, 2.45) is 0 Å². The molecule has 1 aromatic carbocycles. The molecule has 4 rings (SSSR count). The van der Waals surface area contributed by atoms with Crippen molar-refractivity contribution in [1.82, 2.24) is 30.1 Å². The van der Waals surface area contributed by atoms with Crippen molar-refractivity contribution < 1.29 is 9.59 Å². The van der Waals surface area contributed by atoms with Gasteiger partial charge >= 0.3 is 0 Å². The SMILES string of the molecule is CC(C)N1Cc2ccc(C(=O)Nc3cccc(-c4nnnn4C(C)C)n3)cc2C1=O. The number of rotatable bonds is 5. The molecular formula is C21H23N7O2. The van der Waals surface area contributed by atoms with E-state index in [0.717, 1.165) is 5.56 Å². The summed E-state index contributed by atoms with van der Waals surface area (Å²) in [5.74, 6) is 0.529. The average molecular weight is 405 g/mol. The number of pyridine rings is 1. The summed E-state index contributed by atoms with van der Waals surface area (Å²) in [4.78, 5) is 31.6. The molecule has 30 heavy (non-hydrogen) atoms. The lowest BCUT2D eigenvalue weighted by atomic mass is 10.1. The highest BCUT2D eigenvalue weighted by Crippen LogP contribution is 2.26. The Labute approximate surface area is 174 Å². The van der Waals surface area contributed by atoms with Crippen molar-refractivity contribution in [2.75, 3.05) is 5.32 Å². The summed E-state index contributed by atoms with van der Waals surface area (Å²) < 4.78 is 1.67. The van der Waals surface area contributed by atoms with Crippen LogP contribution in [0.15, 0.2) is 36.4 Å². The molecule has 3 heterocycles. The number of nitrogens with one attached hydrogen (secondary N) is 1. The van der Waals surface area contributed by atoms with Gasteiger partial charge in [0.25, 0.3) is 11.8 Å². The zero-order chi connectivity index (χ0) is 21.4. The highest BCUT2D eigenvalue weighted by molar-refractivity contribution is 6.07. The van der Waals surface area contributed by atoms with Gasteiger partial charge in [0.2, 0.25) is 5.82 Å². The summed E-state index contributed by atoms with van der Waals surface area (Å²) in [6.07, 6.45) is 0. The van der Waals surface area contributed by atoms with E-state index < -0.39 is 0 Å². The lowest BCUT2D eigenvalue weighted by Crippen LogP contribution is -2.30. The highest BCUT2D eigenvalue weighted by atomic mass is 16.2. The zero-order valence-electron chi connectivity index (χ0n) is 17.3. The van der Waals surface area contributed by atoms with Crippen LogP contribution < -0.4 is 5.32 Å². The molecule has 1 aliphatic rings. The van der Waals surface area contributed by atoms with E-state index in [4.69, 9.17) is 0 Å². The second-order valence-corrected chi connectivity index (χ2v) is 7.80. The van der Waals surface area contributed by atoms with E-state index in [9.17, 15) is 9.59 Å². The number of hydrogen-bond acceptors (Lipinski definition) is 6. The lowest BCUT2D eigenvalue weighted by molar-refractivity contribution is 0.0730. The van der Waals surface area contributed by atoms with Gasteiger partial charge in [-0.15, -0.1) is 5.10 Å². The predicted molar refractivity (Wildman–Crippen MR) is 111 cm³/mol. The molecule has 0 unspecified atom stereocenters. The van der Waals surface area contributed by atoms with Crippen LogP contribution in [0.5, 0.6) is 0 Å². The molecule has 0 radical (unpaired) electrons. The van der Waals surface area contributed by atoms with E-state index in [1.54, 1.807) is 39.9 Å². The molecule has 0 saturated carbocycles. The first-order valence-corrected chi connectivity index (χ1v) is 9.85. The first-order chi connectivity index (χ1) is 14.3. The smallest absolute Gasteiger partial charge is 0.256 e. The van der Waals surface area contributed by atoms with Gasteiger partial charge in [0, 0.05) is 23.7 Å². The number of fused-ring (bicyclic) bond motifs is 1. The normalized spacial score (nSPS) is 13.3. The third-order valence-corrected chi connectivity index (χ3v) is 5.03. The summed E-state index contributed by atoms with van der Waals surface area (Å²) in [6, 6.07) is 10.7. The van der Waals surface area contributed by atoms with Crippen molar-refractivity contribution in [1.29, 1.82) is 0 Å². The molecule has 154 valence electrons. The Morgan fingerprint density at radius 2 is 1.90 bits per heavy atom. The molecule has 9 heteroatoms. The minimum Gasteiger partial charge on any atom is -0.332 e. The molecule has 1 N–H and O–H groups in total. The Balaban J connectivity index is 1.56. The minimum atomic E-state index is -0.332. The lowest BCUT2D eigenvalue weighted by Gasteiger charge is -2.19. The van der Waals surface area contributed by atoms with Crippen molar-refractivity contribution in [3.05, 3.63) is 53.1 Å². The van der Waals surface area contributed by atoms with Crippen LogP contribution >= 0.6 is 0 Å². The fourth-order valence-corrected chi connectivity index (χ4v) is 3.41. The number of carbonyl (C=O) groups is 2. The maximum atomic E-state index is 12.8. The van der Waals surface area contributed by atoms with Crippen LogP contribution in [0, 0.1) is 0 Å². The van der Waals surface area contributed by atoms with Crippen molar-refractivity contribution in [3.63, 3.8) is 0 Å². The van der Waals surface area contributed by atoms with Gasteiger partial charge in [-0.2, -0.15) is 0 Å². The van der Waals surface area contributed by atoms with Gasteiger partial charge in [-0.05, 0) is 68.0 Å². The van der Waals surface area contributed by atoms with Crippen LogP contribution in [0.2, 0.25) is 0 Å². The Hall–Kier alpha value is -3.62. The third kappa shape index (κ3) is 3.54. The number of nitrogens with zero attached hydrogens (tertiary/aromatic N) is 6. The van der Waals surface area contributed by atoms with Gasteiger partial charge in [0.1, 0.15) is 11.5 Å². The van der Waals surface area contributed by atoms with Crippen molar-refractivity contribution in [2.45, 2.75) is 46.3 Å². The number of aromatic nitrogens is 5. The van der Waals surface area contributed by atoms with Crippen LogP contribution in [-0.4, -0.2) is 47.9 Å². The molecule has 0 aliphatic carbocycles. The van der Waals surface area contributed by atoms with Crippen LogP contribution in [0.4, 0.5) is 5.82 Å². The molecule has 0 fully saturated rings. The second-order valence-electron chi connectivity index (χ2n) is 7.80. The highest BCUT2D eigenvalue weighted by Gasteiger charge is 2.29. The topological polar surface area (TPSA) is 106 Å². The molecule has 0 atom stereocenters. The first kappa shape index (κ1) is 19.7. The largest absolute Gasteiger partial charge is 0.332 e. The first-order valence-electron chi connectivity index (χ1n) is 9.85. The molecular weight excluding hydrogens is 382 g/mol. The molecule has 2 amide bonds. The molecule has 0 bridgehead atoms. The monoisotopic (exact) mass is 405 g/mol. The minimum absolute atomic E-state index is 0.0460. The van der Waals surface area contributed by atoms with Gasteiger partial charge < -0.3 is 10.2 Å². The van der Waals surface area contributed by atoms with Gasteiger partial charge in [-0.1, -0.05) is 12.1 Å². The van der Waals surface area contributed by atoms with Crippen LogP contribution in [0.1, 0.15) is 60.0 Å². The van der Waals surface area contributed by atoms with Gasteiger partial charge in [-0.3, -0.25) is 9.59 Å². The Kier molecular flexibility index (Phi) is 5.03. The molecule has 1 aliphatic heterocycles. The molecule has 2 aromatic heterocycles. The van der Waals surface area contributed by atoms with Gasteiger partial charge in [0.15, 0.2) is 0 Å². The Morgan fingerprint density at radius 3 is 2.63 bits per heavy atom. The van der Waals surface area contributed by atoms with Gasteiger partial charge in [-0.25, -0.2) is 9.67 Å². The zero-order valence-corrected chi connectivity index (χ0v) is 17.3.